The van der Waals surface area contributed by atoms with Crippen molar-refractivity contribution in [2.75, 3.05) is 39.6 Å². The van der Waals surface area contributed by atoms with Crippen LogP contribution in [0.4, 0.5) is 0 Å². The Morgan fingerprint density at radius 3 is 0.964 bits per heavy atom. The number of para-hydroxylation sites is 6. The van der Waals surface area contributed by atoms with E-state index in [0.29, 0.717) is 91.4 Å². The molecule has 3 heterocycles. The molecule has 3 aliphatic heterocycles. The second-order valence-corrected chi connectivity index (χ2v) is 14.1. The first-order valence-electron chi connectivity index (χ1n) is 18.9. The molecule has 3 fully saturated rings. The highest BCUT2D eigenvalue weighted by atomic mass is 16.6. The molecular formula is C47H42O9. The predicted octanol–water partition coefficient (Wildman–Crippen LogP) is 9.75. The molecule has 0 bridgehead atoms. The number of hydrogen-bond donors (Lipinski definition) is 0. The molecule has 6 aromatic carbocycles. The highest BCUT2D eigenvalue weighted by molar-refractivity contribution is 5.68. The van der Waals surface area contributed by atoms with Crippen LogP contribution in [0.1, 0.15) is 23.6 Å². The van der Waals surface area contributed by atoms with Gasteiger partial charge in [0, 0.05) is 16.7 Å². The lowest BCUT2D eigenvalue weighted by atomic mass is 9.69. The zero-order valence-electron chi connectivity index (χ0n) is 31.0. The van der Waals surface area contributed by atoms with Gasteiger partial charge in [0.1, 0.15) is 55.4 Å². The molecule has 6 aromatic rings. The van der Waals surface area contributed by atoms with Crippen molar-refractivity contribution in [1.29, 1.82) is 0 Å². The number of ether oxygens (including phenoxy) is 9. The minimum Gasteiger partial charge on any atom is -0.487 e. The third-order valence-corrected chi connectivity index (χ3v) is 9.92. The van der Waals surface area contributed by atoms with Crippen molar-refractivity contribution in [3.63, 3.8) is 0 Å². The first-order chi connectivity index (χ1) is 27.6. The first kappa shape index (κ1) is 35.7. The third-order valence-electron chi connectivity index (χ3n) is 9.92. The Balaban J connectivity index is 1.30. The Morgan fingerprint density at radius 1 is 0.411 bits per heavy atom. The Labute approximate surface area is 326 Å². The maximum atomic E-state index is 6.89. The molecule has 0 radical (unpaired) electrons. The Hall–Kier alpha value is -6.00. The van der Waals surface area contributed by atoms with Crippen LogP contribution >= 0.6 is 0 Å². The van der Waals surface area contributed by atoms with Gasteiger partial charge in [-0.15, -0.1) is 0 Å². The van der Waals surface area contributed by atoms with Crippen LogP contribution in [0.5, 0.6) is 51.7 Å². The summed E-state index contributed by atoms with van der Waals surface area (Å²) >= 11 is 0. The van der Waals surface area contributed by atoms with Gasteiger partial charge in [-0.05, 0) is 61.5 Å². The van der Waals surface area contributed by atoms with Gasteiger partial charge in [-0.3, -0.25) is 0 Å². The maximum absolute atomic E-state index is 6.89. The van der Waals surface area contributed by atoms with Crippen LogP contribution in [0.3, 0.4) is 0 Å². The monoisotopic (exact) mass is 750 g/mol. The molecule has 9 nitrogen and oxygen atoms in total. The van der Waals surface area contributed by atoms with Crippen LogP contribution < -0.4 is 28.4 Å². The van der Waals surface area contributed by atoms with E-state index < -0.39 is 5.41 Å². The molecule has 56 heavy (non-hydrogen) atoms. The Bertz CT molecular complexity index is 1980. The van der Waals surface area contributed by atoms with Gasteiger partial charge in [-0.25, -0.2) is 0 Å². The van der Waals surface area contributed by atoms with Gasteiger partial charge in [0.05, 0.1) is 25.2 Å². The zero-order chi connectivity index (χ0) is 37.7. The van der Waals surface area contributed by atoms with Crippen LogP contribution in [0.15, 0.2) is 146 Å². The van der Waals surface area contributed by atoms with Gasteiger partial charge in [0.25, 0.3) is 0 Å². The molecule has 0 N–H and O–H groups in total. The minimum absolute atomic E-state index is 0.0277. The van der Waals surface area contributed by atoms with E-state index in [1.165, 1.54) is 0 Å². The van der Waals surface area contributed by atoms with Crippen LogP contribution in [0.25, 0.3) is 0 Å². The highest BCUT2D eigenvalue weighted by Gasteiger charge is 2.42. The van der Waals surface area contributed by atoms with Crippen molar-refractivity contribution in [3.8, 4) is 51.7 Å². The smallest absolute Gasteiger partial charge is 0.173 e. The van der Waals surface area contributed by atoms with E-state index in [0.717, 1.165) is 16.7 Å². The summed E-state index contributed by atoms with van der Waals surface area (Å²) in [5.41, 5.74) is 1.28. The average Bonchev–Trinajstić information content (AvgIpc) is 4.08. The lowest BCUT2D eigenvalue weighted by Gasteiger charge is -2.36. The summed E-state index contributed by atoms with van der Waals surface area (Å²) in [6, 6.07) is 47.1. The molecule has 3 unspecified atom stereocenters. The molecule has 9 heteroatoms. The fourth-order valence-corrected chi connectivity index (χ4v) is 6.68. The van der Waals surface area contributed by atoms with Crippen LogP contribution in [-0.2, 0) is 19.6 Å². The minimum atomic E-state index is -1.08. The standard InChI is InChI=1S/C47H42O9/c1-47(38-20-11-23-41(51-29-35-26-48-35)44(38)54-32-14-5-2-6-15-32,39-21-12-24-42(52-30-36-27-49-36)45(39)55-33-16-7-3-8-17-33)40-22-13-25-43(53-31-37-28-50-37)46(40)56-34-18-9-4-10-19-34/h2-25,35-37H,26-31H2,1H3. The van der Waals surface area contributed by atoms with E-state index in [9.17, 15) is 0 Å². The van der Waals surface area contributed by atoms with Crippen molar-refractivity contribution in [2.45, 2.75) is 30.7 Å². The second-order valence-electron chi connectivity index (χ2n) is 14.1. The quantitative estimate of drug-likeness (QED) is 0.0629. The Morgan fingerprint density at radius 2 is 0.696 bits per heavy atom. The predicted molar refractivity (Wildman–Crippen MR) is 210 cm³/mol. The summed E-state index contributed by atoms with van der Waals surface area (Å²) in [7, 11) is 0. The number of benzene rings is 6. The summed E-state index contributed by atoms with van der Waals surface area (Å²) in [6.07, 6.45) is 0.0831. The van der Waals surface area contributed by atoms with Gasteiger partial charge in [-0.1, -0.05) is 91.0 Å². The van der Waals surface area contributed by atoms with Crippen molar-refractivity contribution in [2.24, 2.45) is 0 Å². The van der Waals surface area contributed by atoms with E-state index in [1.54, 1.807) is 0 Å². The maximum Gasteiger partial charge on any atom is 0.173 e. The van der Waals surface area contributed by atoms with Crippen molar-refractivity contribution >= 4 is 0 Å². The van der Waals surface area contributed by atoms with E-state index in [4.69, 9.17) is 42.6 Å². The SMILES string of the molecule is CC(c1cccc(OCC2CO2)c1Oc1ccccc1)(c1cccc(OCC2CO2)c1Oc1ccccc1)c1cccc(OCC2CO2)c1Oc1ccccc1. The third kappa shape index (κ3) is 8.16. The van der Waals surface area contributed by atoms with Gasteiger partial charge in [0.2, 0.25) is 0 Å². The molecule has 0 saturated carbocycles. The molecule has 3 aliphatic rings. The molecule has 3 saturated heterocycles. The summed E-state index contributed by atoms with van der Waals surface area (Å²) < 4.78 is 56.8. The summed E-state index contributed by atoms with van der Waals surface area (Å²) in [4.78, 5) is 0. The molecule has 0 amide bonds. The first-order valence-corrected chi connectivity index (χ1v) is 18.9. The fourth-order valence-electron chi connectivity index (χ4n) is 6.68. The summed E-state index contributed by atoms with van der Waals surface area (Å²) in [5.74, 6) is 5.27. The van der Waals surface area contributed by atoms with Crippen molar-refractivity contribution in [1.82, 2.24) is 0 Å². The highest BCUT2D eigenvalue weighted by Crippen LogP contribution is 2.56. The number of epoxide rings is 3. The average molecular weight is 751 g/mol. The fraction of sp³-hybridized carbons (Fsp3) is 0.234. The molecule has 284 valence electrons. The van der Waals surface area contributed by atoms with Gasteiger partial charge < -0.3 is 42.6 Å². The number of rotatable bonds is 18. The van der Waals surface area contributed by atoms with Crippen molar-refractivity contribution in [3.05, 3.63) is 162 Å². The molecule has 0 aliphatic carbocycles. The second kappa shape index (κ2) is 16.0. The van der Waals surface area contributed by atoms with E-state index >= 15 is 0 Å². The number of hydrogen-bond acceptors (Lipinski definition) is 9. The van der Waals surface area contributed by atoms with Gasteiger partial charge in [0.15, 0.2) is 34.5 Å². The van der Waals surface area contributed by atoms with Gasteiger partial charge >= 0.3 is 0 Å². The van der Waals surface area contributed by atoms with Crippen LogP contribution in [0, 0.1) is 0 Å². The lowest BCUT2D eigenvalue weighted by Crippen LogP contribution is -2.28. The zero-order valence-corrected chi connectivity index (χ0v) is 31.0. The lowest BCUT2D eigenvalue weighted by molar-refractivity contribution is 0.252. The Kier molecular flexibility index (Phi) is 10.2. The largest absolute Gasteiger partial charge is 0.487 e. The van der Waals surface area contributed by atoms with Crippen LogP contribution in [-0.4, -0.2) is 58.0 Å². The summed E-state index contributed by atoms with van der Waals surface area (Å²) in [5, 5.41) is 0. The normalized spacial score (nSPS) is 18.9. The molecular weight excluding hydrogens is 709 g/mol. The van der Waals surface area contributed by atoms with E-state index in [1.807, 2.05) is 127 Å². The van der Waals surface area contributed by atoms with E-state index in [-0.39, 0.29) is 18.3 Å². The van der Waals surface area contributed by atoms with Gasteiger partial charge in [-0.2, -0.15) is 0 Å². The van der Waals surface area contributed by atoms with Crippen molar-refractivity contribution < 1.29 is 42.6 Å². The van der Waals surface area contributed by atoms with E-state index in [2.05, 4.69) is 25.1 Å². The summed E-state index contributed by atoms with van der Waals surface area (Å²) in [6.45, 7) is 5.27. The molecule has 0 spiro atoms. The topological polar surface area (TPSA) is 93.0 Å². The van der Waals surface area contributed by atoms with Crippen LogP contribution in [0.2, 0.25) is 0 Å². The molecule has 9 rings (SSSR count). The molecule has 0 aromatic heterocycles. The molecule has 3 atom stereocenters.